The Balaban J connectivity index is 1.60. The molecule has 4 nitrogen and oxygen atoms in total. The first-order valence-corrected chi connectivity index (χ1v) is 11.6. The number of fused-ring (bicyclic) bond motifs is 1. The van der Waals surface area contributed by atoms with Crippen LogP contribution in [0.2, 0.25) is 5.02 Å². The van der Waals surface area contributed by atoms with Crippen LogP contribution in [-0.2, 0) is 14.3 Å². The fraction of sp³-hybridized carbons (Fsp3) is 0.708. The zero-order valence-electron chi connectivity index (χ0n) is 17.8. The third-order valence-corrected chi connectivity index (χ3v) is 7.26. The predicted octanol–water partition coefficient (Wildman–Crippen LogP) is 6.45. The summed E-state index contributed by atoms with van der Waals surface area (Å²) in [6, 6.07) is 5.52. The molecule has 1 aromatic rings. The molecule has 4 atom stereocenters. The van der Waals surface area contributed by atoms with Crippen LogP contribution in [0.5, 0.6) is 5.75 Å². The van der Waals surface area contributed by atoms with Crippen molar-refractivity contribution in [2.75, 3.05) is 0 Å². The molecule has 0 saturated heterocycles. The molecule has 0 bridgehead atoms. The van der Waals surface area contributed by atoms with Crippen LogP contribution in [0.3, 0.4) is 0 Å². The Hall–Kier alpha value is -1.26. The van der Waals surface area contributed by atoms with E-state index in [0.29, 0.717) is 34.1 Å². The van der Waals surface area contributed by atoms with Gasteiger partial charge in [0.05, 0.1) is 5.02 Å². The molecule has 2 saturated carbocycles. The standard InChI is InChI=1S/C24H33ClO4/c1-15(2)17-11-10-16(3)14-20(17)27-23(26)22-18-8-7-9-19(25)21(18)28-24(29-22)12-5-4-6-13-24/h7-9,15-17,20,22H,4-6,10-14H2,1-3H3/t16-,17+,20-,22+/m0/s1. The topological polar surface area (TPSA) is 44.8 Å². The summed E-state index contributed by atoms with van der Waals surface area (Å²) in [4.78, 5) is 13.4. The predicted molar refractivity (Wildman–Crippen MR) is 113 cm³/mol. The van der Waals surface area contributed by atoms with Gasteiger partial charge in [0.1, 0.15) is 11.9 Å². The third-order valence-electron chi connectivity index (χ3n) is 6.96. The van der Waals surface area contributed by atoms with E-state index in [1.54, 1.807) is 0 Å². The van der Waals surface area contributed by atoms with E-state index in [2.05, 4.69) is 20.8 Å². The summed E-state index contributed by atoms with van der Waals surface area (Å²) < 4.78 is 18.8. The quantitative estimate of drug-likeness (QED) is 0.526. The highest BCUT2D eigenvalue weighted by Gasteiger charge is 2.47. The fourth-order valence-electron chi connectivity index (χ4n) is 5.27. The minimum Gasteiger partial charge on any atom is -0.460 e. The summed E-state index contributed by atoms with van der Waals surface area (Å²) in [6.45, 7) is 6.69. The third kappa shape index (κ3) is 4.29. The number of benzene rings is 1. The second kappa shape index (κ2) is 8.47. The van der Waals surface area contributed by atoms with Gasteiger partial charge < -0.3 is 14.2 Å². The van der Waals surface area contributed by atoms with Crippen LogP contribution in [0.25, 0.3) is 0 Å². The molecule has 4 rings (SSSR count). The van der Waals surface area contributed by atoms with Crippen molar-refractivity contribution in [1.29, 1.82) is 0 Å². The van der Waals surface area contributed by atoms with Crippen LogP contribution in [0.4, 0.5) is 0 Å². The van der Waals surface area contributed by atoms with Crippen LogP contribution in [-0.4, -0.2) is 17.9 Å². The van der Waals surface area contributed by atoms with Crippen molar-refractivity contribution in [3.63, 3.8) is 0 Å². The molecule has 1 aromatic carbocycles. The smallest absolute Gasteiger partial charge is 0.340 e. The molecule has 0 unspecified atom stereocenters. The van der Waals surface area contributed by atoms with E-state index in [-0.39, 0.29) is 12.1 Å². The first-order chi connectivity index (χ1) is 13.9. The van der Waals surface area contributed by atoms with Crippen molar-refractivity contribution < 1.29 is 19.0 Å². The Labute approximate surface area is 179 Å². The second-order valence-corrected chi connectivity index (χ2v) is 9.94. The summed E-state index contributed by atoms with van der Waals surface area (Å²) in [7, 11) is 0. The number of halogens is 1. The monoisotopic (exact) mass is 420 g/mol. The van der Waals surface area contributed by atoms with Gasteiger partial charge in [-0.1, -0.05) is 57.3 Å². The van der Waals surface area contributed by atoms with Gasteiger partial charge in [-0.05, 0) is 49.5 Å². The molecule has 1 spiro atoms. The van der Waals surface area contributed by atoms with E-state index in [4.69, 9.17) is 25.8 Å². The highest BCUT2D eigenvalue weighted by atomic mass is 35.5. The van der Waals surface area contributed by atoms with Gasteiger partial charge in [-0.2, -0.15) is 0 Å². The van der Waals surface area contributed by atoms with Crippen molar-refractivity contribution in [1.82, 2.24) is 0 Å². The van der Waals surface area contributed by atoms with Crippen LogP contribution in [0.1, 0.15) is 83.8 Å². The van der Waals surface area contributed by atoms with Gasteiger partial charge in [0.2, 0.25) is 5.79 Å². The minimum atomic E-state index is -0.777. The van der Waals surface area contributed by atoms with Gasteiger partial charge in [-0.25, -0.2) is 4.79 Å². The number of hydrogen-bond acceptors (Lipinski definition) is 4. The number of hydrogen-bond donors (Lipinski definition) is 0. The normalized spacial score (nSPS) is 31.2. The maximum Gasteiger partial charge on any atom is 0.340 e. The summed E-state index contributed by atoms with van der Waals surface area (Å²) in [5.74, 6) is 0.981. The molecule has 0 N–H and O–H groups in total. The molecule has 160 valence electrons. The lowest BCUT2D eigenvalue weighted by Crippen LogP contribution is -2.47. The van der Waals surface area contributed by atoms with Crippen molar-refractivity contribution >= 4 is 17.6 Å². The zero-order chi connectivity index (χ0) is 20.6. The van der Waals surface area contributed by atoms with Crippen molar-refractivity contribution in [2.24, 2.45) is 17.8 Å². The van der Waals surface area contributed by atoms with Crippen LogP contribution < -0.4 is 4.74 Å². The zero-order valence-corrected chi connectivity index (χ0v) is 18.5. The van der Waals surface area contributed by atoms with Gasteiger partial charge >= 0.3 is 5.97 Å². The Kier molecular flexibility index (Phi) is 6.13. The molecule has 0 radical (unpaired) electrons. The maximum atomic E-state index is 13.4. The van der Waals surface area contributed by atoms with E-state index >= 15 is 0 Å². The Morgan fingerprint density at radius 2 is 1.97 bits per heavy atom. The number of para-hydroxylation sites is 1. The van der Waals surface area contributed by atoms with Crippen molar-refractivity contribution in [3.05, 3.63) is 28.8 Å². The van der Waals surface area contributed by atoms with E-state index < -0.39 is 11.9 Å². The van der Waals surface area contributed by atoms with Gasteiger partial charge in [0.25, 0.3) is 0 Å². The summed E-state index contributed by atoms with van der Waals surface area (Å²) in [5.41, 5.74) is 0.684. The molecule has 2 aliphatic carbocycles. The molecule has 3 aliphatic rings. The number of esters is 1. The fourth-order valence-corrected chi connectivity index (χ4v) is 5.50. The average Bonchev–Trinajstić information content (AvgIpc) is 2.69. The van der Waals surface area contributed by atoms with Crippen LogP contribution in [0, 0.1) is 17.8 Å². The highest BCUT2D eigenvalue weighted by Crippen LogP contribution is 2.48. The number of ether oxygens (including phenoxy) is 3. The van der Waals surface area contributed by atoms with E-state index in [9.17, 15) is 4.79 Å². The lowest BCUT2D eigenvalue weighted by molar-refractivity contribution is -0.251. The number of carbonyl (C=O) groups is 1. The Bertz CT molecular complexity index is 740. The summed E-state index contributed by atoms with van der Waals surface area (Å²) in [6.07, 6.45) is 7.16. The summed E-state index contributed by atoms with van der Waals surface area (Å²) in [5, 5.41) is 0.528. The average molecular weight is 421 g/mol. The molecule has 1 heterocycles. The van der Waals surface area contributed by atoms with E-state index in [1.165, 1.54) is 6.42 Å². The first kappa shape index (κ1) is 21.0. The second-order valence-electron chi connectivity index (χ2n) is 9.53. The number of rotatable bonds is 3. The van der Waals surface area contributed by atoms with Gasteiger partial charge in [-0.3, -0.25) is 0 Å². The lowest BCUT2D eigenvalue weighted by Gasteiger charge is -2.44. The molecule has 1 aliphatic heterocycles. The highest BCUT2D eigenvalue weighted by molar-refractivity contribution is 6.32. The molecule has 29 heavy (non-hydrogen) atoms. The van der Waals surface area contributed by atoms with E-state index in [0.717, 1.165) is 44.9 Å². The molecular formula is C24H33ClO4. The van der Waals surface area contributed by atoms with Gasteiger partial charge in [0.15, 0.2) is 6.10 Å². The van der Waals surface area contributed by atoms with Crippen LogP contribution >= 0.6 is 11.6 Å². The largest absolute Gasteiger partial charge is 0.460 e. The van der Waals surface area contributed by atoms with Crippen LogP contribution in [0.15, 0.2) is 18.2 Å². The Morgan fingerprint density at radius 1 is 1.21 bits per heavy atom. The lowest BCUT2D eigenvalue weighted by atomic mass is 9.75. The number of carbonyl (C=O) groups excluding carboxylic acids is 1. The SMILES string of the molecule is CC(C)[C@H]1CC[C@H](C)C[C@@H]1OC(=O)[C@@H]1OC2(CCCCC2)Oc2c(Cl)cccc21. The van der Waals surface area contributed by atoms with E-state index in [1.807, 2.05) is 18.2 Å². The summed E-state index contributed by atoms with van der Waals surface area (Å²) >= 11 is 6.46. The van der Waals surface area contributed by atoms with Crippen molar-refractivity contribution in [2.45, 2.75) is 90.1 Å². The molecule has 5 heteroatoms. The van der Waals surface area contributed by atoms with Gasteiger partial charge in [0, 0.05) is 18.4 Å². The van der Waals surface area contributed by atoms with Gasteiger partial charge in [-0.15, -0.1) is 0 Å². The molecule has 0 aromatic heterocycles. The molecule has 2 fully saturated rings. The maximum absolute atomic E-state index is 13.4. The minimum absolute atomic E-state index is 0.0531. The molecule has 0 amide bonds. The van der Waals surface area contributed by atoms with Crippen molar-refractivity contribution in [3.8, 4) is 5.75 Å². The first-order valence-electron chi connectivity index (χ1n) is 11.2. The Morgan fingerprint density at radius 3 is 2.69 bits per heavy atom. The molecular weight excluding hydrogens is 388 g/mol.